The van der Waals surface area contributed by atoms with Crippen LogP contribution >= 0.6 is 0 Å². The fourth-order valence-electron chi connectivity index (χ4n) is 1.97. The zero-order valence-corrected chi connectivity index (χ0v) is 12.9. The van der Waals surface area contributed by atoms with Gasteiger partial charge in [0.15, 0.2) is 0 Å². The van der Waals surface area contributed by atoms with Gasteiger partial charge in [-0.15, -0.1) is 0 Å². The van der Waals surface area contributed by atoms with Gasteiger partial charge in [0.05, 0.1) is 0 Å². The van der Waals surface area contributed by atoms with E-state index in [2.05, 4.69) is 31.2 Å². The normalized spacial score (nSPS) is 12.1. The van der Waals surface area contributed by atoms with Crippen LogP contribution in [0.1, 0.15) is 71.1 Å². The summed E-state index contributed by atoms with van der Waals surface area (Å²) in [7, 11) is 0. The van der Waals surface area contributed by atoms with E-state index in [0.717, 1.165) is 25.7 Å². The SMILES string of the molecule is CCC=CCC=CCCCCCCCCC=CC(=O)O. The number of rotatable bonds is 13. The maximum atomic E-state index is 10.2. The van der Waals surface area contributed by atoms with Crippen LogP contribution in [0.15, 0.2) is 36.5 Å². The van der Waals surface area contributed by atoms with E-state index in [4.69, 9.17) is 5.11 Å². The molecule has 0 radical (unpaired) electrons. The molecule has 2 heteroatoms. The predicted molar refractivity (Wildman–Crippen MR) is 86.9 cm³/mol. The second-order valence-corrected chi connectivity index (χ2v) is 5.03. The van der Waals surface area contributed by atoms with Crippen molar-refractivity contribution in [3.05, 3.63) is 36.5 Å². The minimum Gasteiger partial charge on any atom is -0.478 e. The summed E-state index contributed by atoms with van der Waals surface area (Å²) in [6.07, 6.45) is 23.7. The Morgan fingerprint density at radius 2 is 1.35 bits per heavy atom. The lowest BCUT2D eigenvalue weighted by molar-refractivity contribution is -0.131. The quantitative estimate of drug-likeness (QED) is 0.268. The van der Waals surface area contributed by atoms with Gasteiger partial charge in [-0.1, -0.05) is 63.0 Å². The van der Waals surface area contributed by atoms with Crippen molar-refractivity contribution in [2.24, 2.45) is 0 Å². The van der Waals surface area contributed by atoms with Gasteiger partial charge in [0.1, 0.15) is 0 Å². The molecule has 0 atom stereocenters. The average Bonchev–Trinajstić information content (AvgIpc) is 2.43. The first-order valence-corrected chi connectivity index (χ1v) is 7.96. The van der Waals surface area contributed by atoms with Gasteiger partial charge >= 0.3 is 5.97 Å². The summed E-state index contributed by atoms with van der Waals surface area (Å²) in [6, 6.07) is 0. The number of carboxylic acids is 1. The van der Waals surface area contributed by atoms with E-state index >= 15 is 0 Å². The fraction of sp³-hybridized carbons (Fsp3) is 0.611. The summed E-state index contributed by atoms with van der Waals surface area (Å²) >= 11 is 0. The standard InChI is InChI=1S/C18H30O2/c1-2-3-4-5-6-7-8-9-10-11-12-13-14-15-16-17-18(19)20/h3-4,6-7,16-17H,2,5,8-15H2,1H3,(H,19,20). The Kier molecular flexibility index (Phi) is 14.7. The van der Waals surface area contributed by atoms with Crippen LogP contribution in [-0.2, 0) is 4.79 Å². The number of carboxylic acid groups (broad SMARTS) is 1. The lowest BCUT2D eigenvalue weighted by Gasteiger charge is -1.99. The maximum absolute atomic E-state index is 10.2. The van der Waals surface area contributed by atoms with E-state index in [1.807, 2.05) is 0 Å². The molecule has 0 aliphatic rings. The van der Waals surface area contributed by atoms with E-state index in [0.29, 0.717) is 0 Å². The Bertz CT molecular complexity index is 301. The smallest absolute Gasteiger partial charge is 0.327 e. The highest BCUT2D eigenvalue weighted by Crippen LogP contribution is 2.09. The fourth-order valence-corrected chi connectivity index (χ4v) is 1.97. The molecule has 0 amide bonds. The topological polar surface area (TPSA) is 37.3 Å². The Morgan fingerprint density at radius 3 is 1.95 bits per heavy atom. The van der Waals surface area contributed by atoms with Crippen molar-refractivity contribution in [1.82, 2.24) is 0 Å². The average molecular weight is 278 g/mol. The van der Waals surface area contributed by atoms with Crippen LogP contribution in [0.3, 0.4) is 0 Å². The molecule has 0 aromatic carbocycles. The zero-order valence-electron chi connectivity index (χ0n) is 12.9. The summed E-state index contributed by atoms with van der Waals surface area (Å²) in [5.74, 6) is -0.844. The number of unbranched alkanes of at least 4 members (excludes halogenated alkanes) is 7. The molecule has 0 saturated carbocycles. The zero-order chi connectivity index (χ0) is 14.9. The summed E-state index contributed by atoms with van der Waals surface area (Å²) in [5.41, 5.74) is 0. The van der Waals surface area contributed by atoms with Crippen molar-refractivity contribution < 1.29 is 9.90 Å². The number of allylic oxidation sites excluding steroid dienone is 5. The molecule has 0 fully saturated rings. The first-order chi connectivity index (χ1) is 9.77. The monoisotopic (exact) mass is 278 g/mol. The molecule has 114 valence electrons. The van der Waals surface area contributed by atoms with Crippen LogP contribution in [0.2, 0.25) is 0 Å². The number of hydrogen-bond acceptors (Lipinski definition) is 1. The van der Waals surface area contributed by atoms with Crippen LogP contribution in [-0.4, -0.2) is 11.1 Å². The van der Waals surface area contributed by atoms with Crippen molar-refractivity contribution >= 4 is 5.97 Å². The van der Waals surface area contributed by atoms with Gasteiger partial charge < -0.3 is 5.11 Å². The highest BCUT2D eigenvalue weighted by molar-refractivity contribution is 5.79. The van der Waals surface area contributed by atoms with Gasteiger partial charge in [-0.2, -0.15) is 0 Å². The molecular weight excluding hydrogens is 248 g/mol. The molecule has 0 heterocycles. The van der Waals surface area contributed by atoms with Crippen molar-refractivity contribution in [1.29, 1.82) is 0 Å². The summed E-state index contributed by atoms with van der Waals surface area (Å²) in [5, 5.41) is 8.42. The first kappa shape index (κ1) is 18.7. The molecule has 0 saturated heterocycles. The molecule has 0 spiro atoms. The third kappa shape index (κ3) is 16.7. The highest BCUT2D eigenvalue weighted by atomic mass is 16.4. The minimum atomic E-state index is -0.844. The van der Waals surface area contributed by atoms with Gasteiger partial charge in [0, 0.05) is 6.08 Å². The molecule has 0 aromatic rings. The lowest BCUT2D eigenvalue weighted by Crippen LogP contribution is -1.85. The molecular formula is C18H30O2. The van der Waals surface area contributed by atoms with Crippen LogP contribution < -0.4 is 0 Å². The van der Waals surface area contributed by atoms with E-state index in [-0.39, 0.29) is 0 Å². The van der Waals surface area contributed by atoms with Crippen LogP contribution in [0.25, 0.3) is 0 Å². The summed E-state index contributed by atoms with van der Waals surface area (Å²) in [4.78, 5) is 10.2. The van der Waals surface area contributed by atoms with E-state index in [1.54, 1.807) is 6.08 Å². The van der Waals surface area contributed by atoms with Gasteiger partial charge in [0.2, 0.25) is 0 Å². The van der Waals surface area contributed by atoms with Crippen molar-refractivity contribution in [3.8, 4) is 0 Å². The Labute approximate surface area is 124 Å². The highest BCUT2D eigenvalue weighted by Gasteiger charge is 1.90. The largest absolute Gasteiger partial charge is 0.478 e. The molecule has 1 N–H and O–H groups in total. The van der Waals surface area contributed by atoms with E-state index < -0.39 is 5.97 Å². The third-order valence-corrected chi connectivity index (χ3v) is 3.09. The van der Waals surface area contributed by atoms with Gasteiger partial charge in [-0.3, -0.25) is 0 Å². The second-order valence-electron chi connectivity index (χ2n) is 5.03. The summed E-state index contributed by atoms with van der Waals surface area (Å²) in [6.45, 7) is 2.16. The molecule has 0 unspecified atom stereocenters. The maximum Gasteiger partial charge on any atom is 0.327 e. The van der Waals surface area contributed by atoms with Crippen molar-refractivity contribution in [3.63, 3.8) is 0 Å². The predicted octanol–water partition coefficient (Wildman–Crippen LogP) is 5.66. The third-order valence-electron chi connectivity index (χ3n) is 3.09. The molecule has 0 aliphatic heterocycles. The van der Waals surface area contributed by atoms with Crippen molar-refractivity contribution in [2.45, 2.75) is 71.1 Å². The van der Waals surface area contributed by atoms with Crippen LogP contribution in [0.5, 0.6) is 0 Å². The summed E-state index contributed by atoms with van der Waals surface area (Å²) < 4.78 is 0. The lowest BCUT2D eigenvalue weighted by atomic mass is 10.1. The number of carbonyl (C=O) groups is 1. The molecule has 0 rings (SSSR count). The molecule has 0 aromatic heterocycles. The molecule has 2 nitrogen and oxygen atoms in total. The Morgan fingerprint density at radius 1 is 0.800 bits per heavy atom. The minimum absolute atomic E-state index is 0.844. The molecule has 0 bridgehead atoms. The molecule has 20 heavy (non-hydrogen) atoms. The Hall–Kier alpha value is -1.31. The number of hydrogen-bond donors (Lipinski definition) is 1. The van der Waals surface area contributed by atoms with Gasteiger partial charge in [0.25, 0.3) is 0 Å². The van der Waals surface area contributed by atoms with E-state index in [9.17, 15) is 4.79 Å². The van der Waals surface area contributed by atoms with Crippen LogP contribution in [0.4, 0.5) is 0 Å². The van der Waals surface area contributed by atoms with E-state index in [1.165, 1.54) is 44.6 Å². The Balaban J connectivity index is 3.17. The van der Waals surface area contributed by atoms with Gasteiger partial charge in [-0.05, 0) is 38.5 Å². The van der Waals surface area contributed by atoms with Crippen molar-refractivity contribution in [2.75, 3.05) is 0 Å². The number of aliphatic carboxylic acids is 1. The molecule has 0 aliphatic carbocycles. The van der Waals surface area contributed by atoms with Gasteiger partial charge in [-0.25, -0.2) is 4.79 Å². The first-order valence-electron chi connectivity index (χ1n) is 7.96. The second kappa shape index (κ2) is 15.7. The van der Waals surface area contributed by atoms with Crippen LogP contribution in [0, 0.1) is 0 Å².